The molecule has 0 unspecified atom stereocenters. The lowest BCUT2D eigenvalue weighted by Gasteiger charge is -2.22. The Hall–Kier alpha value is -0.560. The van der Waals surface area contributed by atoms with E-state index >= 15 is 0 Å². The van der Waals surface area contributed by atoms with Gasteiger partial charge in [0.15, 0.2) is 0 Å². The molecule has 0 saturated heterocycles. The SMILES string of the molecule is CC(C)SN(SC(C)C)C(=O)NC(N)=O. The van der Waals surface area contributed by atoms with E-state index in [9.17, 15) is 9.59 Å². The molecule has 7 heteroatoms. The van der Waals surface area contributed by atoms with Crippen LogP contribution in [0.4, 0.5) is 9.59 Å². The van der Waals surface area contributed by atoms with Crippen LogP contribution in [0.25, 0.3) is 0 Å². The fourth-order valence-electron chi connectivity index (χ4n) is 0.655. The Morgan fingerprint density at radius 1 is 1.13 bits per heavy atom. The zero-order valence-corrected chi connectivity index (χ0v) is 10.9. The van der Waals surface area contributed by atoms with Gasteiger partial charge < -0.3 is 5.73 Å². The molecule has 0 rings (SSSR count). The van der Waals surface area contributed by atoms with Gasteiger partial charge in [0.1, 0.15) is 0 Å². The fourth-order valence-corrected chi connectivity index (χ4v) is 2.93. The third-order valence-electron chi connectivity index (χ3n) is 1.01. The molecule has 0 aromatic carbocycles. The number of carbonyl (C=O) groups is 2. The predicted molar refractivity (Wildman–Crippen MR) is 65.4 cm³/mol. The van der Waals surface area contributed by atoms with E-state index in [-0.39, 0.29) is 10.5 Å². The van der Waals surface area contributed by atoms with Crippen LogP contribution in [-0.4, -0.2) is 26.3 Å². The van der Waals surface area contributed by atoms with E-state index in [0.29, 0.717) is 0 Å². The number of imide groups is 1. The monoisotopic (exact) mass is 251 g/mol. The minimum atomic E-state index is -0.835. The van der Waals surface area contributed by atoms with E-state index in [4.69, 9.17) is 5.73 Å². The van der Waals surface area contributed by atoms with Crippen LogP contribution in [0.15, 0.2) is 0 Å². The normalized spacial score (nSPS) is 10.5. The topological polar surface area (TPSA) is 75.4 Å². The van der Waals surface area contributed by atoms with Crippen molar-refractivity contribution in [3.63, 3.8) is 0 Å². The molecule has 3 N–H and O–H groups in total. The van der Waals surface area contributed by atoms with E-state index in [1.165, 1.54) is 27.6 Å². The molecule has 88 valence electrons. The first-order valence-electron chi connectivity index (χ1n) is 4.57. The first kappa shape index (κ1) is 14.4. The molecule has 0 bridgehead atoms. The number of rotatable bonds is 4. The van der Waals surface area contributed by atoms with Crippen molar-refractivity contribution in [2.24, 2.45) is 5.73 Å². The van der Waals surface area contributed by atoms with Gasteiger partial charge in [-0.2, -0.15) is 0 Å². The Balaban J connectivity index is 4.33. The highest BCUT2D eigenvalue weighted by Gasteiger charge is 2.19. The summed E-state index contributed by atoms with van der Waals surface area (Å²) in [6.07, 6.45) is 0. The van der Waals surface area contributed by atoms with Crippen LogP contribution in [0.3, 0.4) is 0 Å². The second-order valence-electron chi connectivity index (χ2n) is 3.36. The van der Waals surface area contributed by atoms with E-state index in [0.717, 1.165) is 0 Å². The van der Waals surface area contributed by atoms with Crippen LogP contribution >= 0.6 is 23.9 Å². The second-order valence-corrected chi connectivity index (χ2v) is 6.63. The highest BCUT2D eigenvalue weighted by atomic mass is 32.2. The van der Waals surface area contributed by atoms with E-state index in [2.05, 4.69) is 0 Å². The first-order valence-corrected chi connectivity index (χ1v) is 6.24. The average Bonchev–Trinajstić information content (AvgIpc) is 1.99. The number of nitrogens with two attached hydrogens (primary N) is 1. The molecule has 0 radical (unpaired) electrons. The molecular weight excluding hydrogens is 234 g/mol. The Bertz CT molecular complexity index is 224. The van der Waals surface area contributed by atoms with Crippen molar-refractivity contribution >= 4 is 36.0 Å². The van der Waals surface area contributed by atoms with Crippen molar-refractivity contribution in [1.29, 1.82) is 0 Å². The molecular formula is C8H17N3O2S2. The van der Waals surface area contributed by atoms with Gasteiger partial charge in [0, 0.05) is 10.5 Å². The van der Waals surface area contributed by atoms with Gasteiger partial charge >= 0.3 is 12.1 Å². The number of carbonyl (C=O) groups excluding carboxylic acids is 2. The van der Waals surface area contributed by atoms with Crippen molar-refractivity contribution in [1.82, 2.24) is 9.03 Å². The molecule has 0 aliphatic carbocycles. The maximum Gasteiger partial charge on any atom is 0.345 e. The number of hydrogen-bond acceptors (Lipinski definition) is 4. The molecule has 4 amide bonds. The summed E-state index contributed by atoms with van der Waals surface area (Å²) in [5.74, 6) is 0. The van der Waals surface area contributed by atoms with Crippen LogP contribution in [0.1, 0.15) is 27.7 Å². The van der Waals surface area contributed by atoms with E-state index in [1.54, 1.807) is 0 Å². The molecule has 0 fully saturated rings. The third kappa shape index (κ3) is 7.38. The standard InChI is InChI=1S/C8H17N3O2S2/c1-5(2)14-11(15-6(3)4)8(13)10-7(9)12/h5-6H,1-4H3,(H3,9,10,12,13). The quantitative estimate of drug-likeness (QED) is 0.751. The molecule has 0 aromatic heterocycles. The van der Waals surface area contributed by atoms with E-state index < -0.39 is 12.1 Å². The number of hydrogen-bond donors (Lipinski definition) is 2. The van der Waals surface area contributed by atoms with Gasteiger partial charge in [0.2, 0.25) is 0 Å². The maximum absolute atomic E-state index is 11.5. The highest BCUT2D eigenvalue weighted by Crippen LogP contribution is 2.28. The van der Waals surface area contributed by atoms with Gasteiger partial charge in [-0.25, -0.2) is 13.3 Å². The molecule has 0 aromatic rings. The number of nitrogens with zero attached hydrogens (tertiary/aromatic N) is 1. The zero-order valence-electron chi connectivity index (χ0n) is 9.31. The van der Waals surface area contributed by atoms with Crippen LogP contribution in [0, 0.1) is 0 Å². The van der Waals surface area contributed by atoms with Gasteiger partial charge in [-0.3, -0.25) is 5.32 Å². The van der Waals surface area contributed by atoms with Crippen LogP contribution < -0.4 is 11.1 Å². The Labute approximate surface area is 98.8 Å². The van der Waals surface area contributed by atoms with E-state index in [1.807, 2.05) is 33.0 Å². The predicted octanol–water partition coefficient (Wildman–Crippen LogP) is 2.19. The highest BCUT2D eigenvalue weighted by molar-refractivity contribution is 8.13. The van der Waals surface area contributed by atoms with Gasteiger partial charge in [0.05, 0.1) is 0 Å². The summed E-state index contributed by atoms with van der Waals surface area (Å²) in [7, 11) is 0. The summed E-state index contributed by atoms with van der Waals surface area (Å²) >= 11 is 2.71. The number of urea groups is 2. The Morgan fingerprint density at radius 2 is 1.53 bits per heavy atom. The van der Waals surface area contributed by atoms with Crippen LogP contribution in [0.5, 0.6) is 0 Å². The Kier molecular flexibility index (Phi) is 6.58. The van der Waals surface area contributed by atoms with Crippen molar-refractivity contribution in [3.8, 4) is 0 Å². The molecule has 5 nitrogen and oxygen atoms in total. The van der Waals surface area contributed by atoms with Gasteiger partial charge in [-0.1, -0.05) is 27.7 Å². The molecule has 0 saturated carbocycles. The summed E-state index contributed by atoms with van der Waals surface area (Å²) < 4.78 is 1.44. The third-order valence-corrected chi connectivity index (χ3v) is 3.08. The first-order chi connectivity index (χ1) is 6.82. The van der Waals surface area contributed by atoms with Gasteiger partial charge in [-0.05, 0) is 23.9 Å². The van der Waals surface area contributed by atoms with Crippen LogP contribution in [-0.2, 0) is 0 Å². The summed E-state index contributed by atoms with van der Waals surface area (Å²) in [6.45, 7) is 7.87. The maximum atomic E-state index is 11.5. The molecule has 0 aliphatic rings. The fraction of sp³-hybridized carbons (Fsp3) is 0.750. The summed E-state index contributed by atoms with van der Waals surface area (Å²) in [6, 6.07) is -1.32. The molecule has 15 heavy (non-hydrogen) atoms. The minimum absolute atomic E-state index is 0.259. The van der Waals surface area contributed by atoms with Crippen molar-refractivity contribution in [2.75, 3.05) is 0 Å². The Morgan fingerprint density at radius 3 is 1.80 bits per heavy atom. The number of amides is 4. The summed E-state index contributed by atoms with van der Waals surface area (Å²) in [5.41, 5.74) is 4.88. The van der Waals surface area contributed by atoms with Gasteiger partial charge in [-0.15, -0.1) is 0 Å². The molecule has 0 aliphatic heterocycles. The molecule has 0 atom stereocenters. The van der Waals surface area contributed by atoms with Crippen molar-refractivity contribution in [2.45, 2.75) is 38.2 Å². The number of nitrogens with one attached hydrogen (secondary N) is 1. The number of primary amides is 1. The molecule has 0 spiro atoms. The molecule has 0 heterocycles. The largest absolute Gasteiger partial charge is 0.351 e. The second kappa shape index (κ2) is 6.84. The van der Waals surface area contributed by atoms with Crippen LogP contribution in [0.2, 0.25) is 0 Å². The van der Waals surface area contributed by atoms with Crippen molar-refractivity contribution < 1.29 is 9.59 Å². The van der Waals surface area contributed by atoms with Crippen molar-refractivity contribution in [3.05, 3.63) is 0 Å². The average molecular weight is 251 g/mol. The lowest BCUT2D eigenvalue weighted by molar-refractivity contribution is 0.229. The zero-order chi connectivity index (χ0) is 12.0. The minimum Gasteiger partial charge on any atom is -0.351 e. The summed E-state index contributed by atoms with van der Waals surface area (Å²) in [5, 5.41) is 2.56. The lowest BCUT2D eigenvalue weighted by atomic mass is 10.6. The van der Waals surface area contributed by atoms with Gasteiger partial charge in [0.25, 0.3) is 0 Å². The smallest absolute Gasteiger partial charge is 0.345 e. The lowest BCUT2D eigenvalue weighted by Crippen LogP contribution is -2.40. The summed E-state index contributed by atoms with van der Waals surface area (Å²) in [4.78, 5) is 22.0.